The molecule has 25 heavy (non-hydrogen) atoms. The Morgan fingerprint density at radius 3 is 2.80 bits per heavy atom. The van der Waals surface area contributed by atoms with Crippen LogP contribution in [0.25, 0.3) is 10.9 Å². The van der Waals surface area contributed by atoms with Crippen molar-refractivity contribution in [3.8, 4) is 0 Å². The molecule has 0 atom stereocenters. The second-order valence-corrected chi connectivity index (χ2v) is 8.46. The van der Waals surface area contributed by atoms with Crippen LogP contribution in [0.1, 0.15) is 34.9 Å². The average Bonchev–Trinajstić information content (AvgIpc) is 3.18. The third-order valence-corrected chi connectivity index (χ3v) is 6.48. The smallest absolute Gasteiger partial charge is 0.227 e. The van der Waals surface area contributed by atoms with Crippen LogP contribution in [0.2, 0.25) is 0 Å². The van der Waals surface area contributed by atoms with Crippen LogP contribution in [0.15, 0.2) is 30.5 Å². The second kappa shape index (κ2) is 6.77. The van der Waals surface area contributed by atoms with Gasteiger partial charge >= 0.3 is 0 Å². The monoisotopic (exact) mass is 371 g/mol. The molecule has 1 saturated heterocycles. The fourth-order valence-electron chi connectivity index (χ4n) is 3.73. The minimum absolute atomic E-state index is 0.214. The van der Waals surface area contributed by atoms with Crippen molar-refractivity contribution in [3.05, 3.63) is 50.6 Å². The van der Waals surface area contributed by atoms with Crippen LogP contribution in [-0.2, 0) is 11.2 Å². The zero-order valence-corrected chi connectivity index (χ0v) is 15.8. The largest absolute Gasteiger partial charge is 0.361 e. The Morgan fingerprint density at radius 1 is 1.32 bits per heavy atom. The fraction of sp³-hybridized carbons (Fsp3) is 0.368. The molecule has 3 heterocycles. The summed E-state index contributed by atoms with van der Waals surface area (Å²) in [5, 5.41) is 1.31. The van der Waals surface area contributed by atoms with Gasteiger partial charge in [0.25, 0.3) is 0 Å². The number of amides is 1. The van der Waals surface area contributed by atoms with Gasteiger partial charge in [0, 0.05) is 40.8 Å². The molecule has 4 rings (SSSR count). The van der Waals surface area contributed by atoms with E-state index in [1.807, 2.05) is 11.8 Å². The number of likely N-dealkylation sites (tertiary alicyclic amines) is 1. The summed E-state index contributed by atoms with van der Waals surface area (Å²) in [6, 6.07) is 8.45. The van der Waals surface area contributed by atoms with Gasteiger partial charge in [-0.3, -0.25) is 4.79 Å². The highest BCUT2D eigenvalue weighted by molar-refractivity contribution is 7.73. The van der Waals surface area contributed by atoms with E-state index in [4.69, 9.17) is 12.2 Å². The van der Waals surface area contributed by atoms with E-state index in [0.717, 1.165) is 40.5 Å². The zero-order valence-electron chi connectivity index (χ0n) is 14.2. The first kappa shape index (κ1) is 16.5. The summed E-state index contributed by atoms with van der Waals surface area (Å²) in [5.41, 5.74) is 3.61. The maximum absolute atomic E-state index is 12.6. The van der Waals surface area contributed by atoms with E-state index in [-0.39, 0.29) is 5.91 Å². The molecule has 0 radical (unpaired) electrons. The third-order valence-electron chi connectivity index (χ3n) is 5.14. The van der Waals surface area contributed by atoms with Gasteiger partial charge in [-0.05, 0) is 49.5 Å². The molecular formula is C19H21N3OS2. The van der Waals surface area contributed by atoms with E-state index in [1.54, 1.807) is 0 Å². The minimum atomic E-state index is 0.214. The summed E-state index contributed by atoms with van der Waals surface area (Å²) in [6.07, 6.45) is 4.65. The number of nitrogens with one attached hydrogen (secondary N) is 2. The molecule has 0 aliphatic carbocycles. The predicted octanol–water partition coefficient (Wildman–Crippen LogP) is 4.54. The summed E-state index contributed by atoms with van der Waals surface area (Å²) < 4.78 is 0.748. The van der Waals surface area contributed by atoms with E-state index < -0.39 is 0 Å². The van der Waals surface area contributed by atoms with Crippen LogP contribution >= 0.6 is 23.6 Å². The highest BCUT2D eigenvalue weighted by Gasteiger charge is 2.25. The Kier molecular flexibility index (Phi) is 4.48. The lowest BCUT2D eigenvalue weighted by Crippen LogP contribution is -2.38. The topological polar surface area (TPSA) is 51.9 Å². The Bertz CT molecular complexity index is 960. The quantitative estimate of drug-likeness (QED) is 0.664. The van der Waals surface area contributed by atoms with Gasteiger partial charge in [0.2, 0.25) is 5.91 Å². The molecule has 1 aromatic carbocycles. The Labute approximate surface area is 155 Å². The molecule has 1 amide bonds. The van der Waals surface area contributed by atoms with Crippen molar-refractivity contribution in [1.82, 2.24) is 14.9 Å². The molecule has 1 fully saturated rings. The normalized spacial score (nSPS) is 15.8. The standard InChI is InChI=1S/C19H21N3OS2/c1-12-17(25-19(24)21-12)10-18(23)22-8-6-13(7-9-22)15-11-20-16-5-3-2-4-14(15)16/h2-5,11,13,20H,6-10H2,1H3,(H,21,24). The average molecular weight is 372 g/mol. The van der Waals surface area contributed by atoms with Crippen molar-refractivity contribution in [2.45, 2.75) is 32.1 Å². The van der Waals surface area contributed by atoms with Crippen molar-refractivity contribution >= 4 is 40.4 Å². The van der Waals surface area contributed by atoms with E-state index in [1.165, 1.54) is 27.8 Å². The number of piperidine rings is 1. The van der Waals surface area contributed by atoms with Gasteiger partial charge in [0.05, 0.1) is 6.42 Å². The highest BCUT2D eigenvalue weighted by Crippen LogP contribution is 2.33. The van der Waals surface area contributed by atoms with Gasteiger partial charge in [-0.2, -0.15) is 0 Å². The maximum Gasteiger partial charge on any atom is 0.227 e. The first-order chi connectivity index (χ1) is 12.1. The second-order valence-electron chi connectivity index (χ2n) is 6.68. The lowest BCUT2D eigenvalue weighted by Gasteiger charge is -2.32. The third kappa shape index (κ3) is 3.28. The molecule has 1 aliphatic heterocycles. The summed E-state index contributed by atoms with van der Waals surface area (Å²) in [7, 11) is 0. The number of aryl methyl sites for hydroxylation is 1. The van der Waals surface area contributed by atoms with Gasteiger partial charge in [0.15, 0.2) is 3.95 Å². The van der Waals surface area contributed by atoms with Crippen LogP contribution in [0.5, 0.6) is 0 Å². The number of nitrogens with zero attached hydrogens (tertiary/aromatic N) is 1. The molecule has 0 bridgehead atoms. The summed E-state index contributed by atoms with van der Waals surface area (Å²) >= 11 is 6.68. The number of aromatic nitrogens is 2. The Morgan fingerprint density at radius 2 is 2.08 bits per heavy atom. The number of para-hydroxylation sites is 1. The summed E-state index contributed by atoms with van der Waals surface area (Å²) in [4.78, 5) is 22.2. The molecule has 4 nitrogen and oxygen atoms in total. The van der Waals surface area contributed by atoms with Crippen LogP contribution in [0.4, 0.5) is 0 Å². The van der Waals surface area contributed by atoms with Crippen LogP contribution < -0.4 is 0 Å². The van der Waals surface area contributed by atoms with E-state index >= 15 is 0 Å². The number of aromatic amines is 2. The number of H-pyrrole nitrogens is 2. The number of benzene rings is 1. The van der Waals surface area contributed by atoms with Crippen LogP contribution in [0, 0.1) is 10.9 Å². The Hall–Kier alpha value is -1.92. The van der Waals surface area contributed by atoms with Gasteiger partial charge < -0.3 is 14.9 Å². The molecule has 6 heteroatoms. The molecule has 0 unspecified atom stereocenters. The van der Waals surface area contributed by atoms with Crippen molar-refractivity contribution in [3.63, 3.8) is 0 Å². The van der Waals surface area contributed by atoms with Crippen LogP contribution in [-0.4, -0.2) is 33.9 Å². The number of carbonyl (C=O) groups is 1. The number of hydrogen-bond acceptors (Lipinski definition) is 3. The molecule has 3 aromatic rings. The highest BCUT2D eigenvalue weighted by atomic mass is 32.1. The molecule has 2 N–H and O–H groups in total. The van der Waals surface area contributed by atoms with Gasteiger partial charge in [-0.1, -0.05) is 18.2 Å². The summed E-state index contributed by atoms with van der Waals surface area (Å²) in [5.74, 6) is 0.738. The Balaban J connectivity index is 1.42. The van der Waals surface area contributed by atoms with Crippen molar-refractivity contribution in [2.24, 2.45) is 0 Å². The molecule has 2 aromatic heterocycles. The fourth-order valence-corrected chi connectivity index (χ4v) is 5.01. The van der Waals surface area contributed by atoms with E-state index in [9.17, 15) is 4.79 Å². The number of thiazole rings is 1. The lowest BCUT2D eigenvalue weighted by atomic mass is 9.89. The summed E-state index contributed by atoms with van der Waals surface area (Å²) in [6.45, 7) is 3.65. The zero-order chi connectivity index (χ0) is 17.4. The van der Waals surface area contributed by atoms with Gasteiger partial charge in [-0.15, -0.1) is 11.3 Å². The molecule has 0 spiro atoms. The molecule has 130 valence electrons. The van der Waals surface area contributed by atoms with Gasteiger partial charge in [-0.25, -0.2) is 0 Å². The minimum Gasteiger partial charge on any atom is -0.361 e. The first-order valence-corrected chi connectivity index (χ1v) is 9.86. The molecular weight excluding hydrogens is 350 g/mol. The number of rotatable bonds is 3. The van der Waals surface area contributed by atoms with E-state index in [0.29, 0.717) is 12.3 Å². The lowest BCUT2D eigenvalue weighted by molar-refractivity contribution is -0.131. The maximum atomic E-state index is 12.6. The molecule has 1 aliphatic rings. The van der Waals surface area contributed by atoms with Crippen molar-refractivity contribution < 1.29 is 4.79 Å². The van der Waals surface area contributed by atoms with Crippen molar-refractivity contribution in [1.29, 1.82) is 0 Å². The SMILES string of the molecule is Cc1[nH]c(=S)sc1CC(=O)N1CCC(c2c[nH]c3ccccc23)CC1. The van der Waals surface area contributed by atoms with E-state index in [2.05, 4.69) is 40.4 Å². The first-order valence-electron chi connectivity index (χ1n) is 8.64. The number of hydrogen-bond donors (Lipinski definition) is 2. The molecule has 0 saturated carbocycles. The van der Waals surface area contributed by atoms with Gasteiger partial charge in [0.1, 0.15) is 0 Å². The van der Waals surface area contributed by atoms with Crippen LogP contribution in [0.3, 0.4) is 0 Å². The van der Waals surface area contributed by atoms with Crippen molar-refractivity contribution in [2.75, 3.05) is 13.1 Å². The number of fused-ring (bicyclic) bond motifs is 1. The predicted molar refractivity (Wildman–Crippen MR) is 105 cm³/mol. The number of carbonyl (C=O) groups excluding carboxylic acids is 1.